The number of ether oxygens (including phenoxy) is 2. The summed E-state index contributed by atoms with van der Waals surface area (Å²) >= 11 is 0. The first-order valence-corrected chi connectivity index (χ1v) is 20.1. The number of carbonyl (C=O) groups excluding carboxylic acids is 3. The zero-order chi connectivity index (χ0) is 39.6. The van der Waals surface area contributed by atoms with Crippen LogP contribution in [0.25, 0.3) is 44.7 Å². The Labute approximate surface area is 331 Å². The van der Waals surface area contributed by atoms with Crippen LogP contribution in [-0.4, -0.2) is 98.1 Å². The van der Waals surface area contributed by atoms with E-state index >= 15 is 0 Å². The Morgan fingerprint density at radius 1 is 0.842 bits per heavy atom. The quantitative estimate of drug-likeness (QED) is 0.129. The van der Waals surface area contributed by atoms with Gasteiger partial charge in [0.15, 0.2) is 0 Å². The Kier molecular flexibility index (Phi) is 11.1. The van der Waals surface area contributed by atoms with Crippen molar-refractivity contribution in [1.29, 1.82) is 0 Å². The average Bonchev–Trinajstić information content (AvgIpc) is 4.09. The van der Waals surface area contributed by atoms with Crippen molar-refractivity contribution in [3.05, 3.63) is 78.6 Å². The van der Waals surface area contributed by atoms with Crippen LogP contribution in [0.4, 0.5) is 4.79 Å². The van der Waals surface area contributed by atoms with Gasteiger partial charge >= 0.3 is 6.09 Å². The molecule has 4 atom stereocenters. The number of aromatic nitrogens is 5. The van der Waals surface area contributed by atoms with Crippen molar-refractivity contribution < 1.29 is 23.9 Å². The molecule has 0 spiro atoms. The third kappa shape index (κ3) is 7.88. The molecule has 14 nitrogen and oxygen atoms in total. The molecule has 3 saturated heterocycles. The second kappa shape index (κ2) is 16.5. The zero-order valence-corrected chi connectivity index (χ0v) is 32.7. The molecule has 14 heteroatoms. The van der Waals surface area contributed by atoms with E-state index in [9.17, 15) is 14.4 Å². The highest BCUT2D eigenvalue weighted by Gasteiger charge is 2.39. The number of hydrogen-bond donors (Lipinski definition) is 4. The molecule has 5 N–H and O–H groups in total. The van der Waals surface area contributed by atoms with Gasteiger partial charge in [-0.1, -0.05) is 50.2 Å². The molecule has 3 aliphatic heterocycles. The predicted molar refractivity (Wildman–Crippen MR) is 215 cm³/mol. The number of nitrogens with zero attached hydrogens (tertiary/aromatic N) is 5. The van der Waals surface area contributed by atoms with Crippen molar-refractivity contribution in [3.8, 4) is 33.8 Å². The van der Waals surface area contributed by atoms with Crippen LogP contribution < -0.4 is 11.1 Å². The van der Waals surface area contributed by atoms with E-state index in [-0.39, 0.29) is 35.7 Å². The topological polar surface area (TPSA) is 184 Å². The molecule has 57 heavy (non-hydrogen) atoms. The highest BCUT2D eigenvalue weighted by Crippen LogP contribution is 2.35. The zero-order valence-electron chi connectivity index (χ0n) is 32.7. The van der Waals surface area contributed by atoms with Crippen LogP contribution in [0.5, 0.6) is 0 Å². The fourth-order valence-electron chi connectivity index (χ4n) is 8.55. The van der Waals surface area contributed by atoms with E-state index in [1.165, 1.54) is 7.11 Å². The van der Waals surface area contributed by atoms with Crippen LogP contribution in [0.15, 0.2) is 67.0 Å². The van der Waals surface area contributed by atoms with E-state index in [2.05, 4.69) is 32.4 Å². The number of benzene rings is 2. The van der Waals surface area contributed by atoms with Gasteiger partial charge < -0.3 is 40.3 Å². The van der Waals surface area contributed by atoms with Crippen LogP contribution in [0, 0.1) is 11.8 Å². The SMILES string of the molecule is COC(=O)N[C@H](C(=O)N1CCC[C@H]1c1ncc(-c2ccc(-c3ccc4cc(-c5c[nH]c([C@@H]6CCCN6C(=O)[C@@H](N)C6CCOCC6)n5)ccc4n3)cc2)[nH]1)C(C)C. The number of hydrogen-bond acceptors (Lipinski definition) is 9. The van der Waals surface area contributed by atoms with Gasteiger partial charge in [0.2, 0.25) is 11.8 Å². The minimum atomic E-state index is -0.685. The van der Waals surface area contributed by atoms with Crippen LogP contribution >= 0.6 is 0 Å². The van der Waals surface area contributed by atoms with Crippen molar-refractivity contribution >= 4 is 28.8 Å². The summed E-state index contributed by atoms with van der Waals surface area (Å²) in [6.07, 6.45) is 8.15. The second-order valence-corrected chi connectivity index (χ2v) is 15.7. The van der Waals surface area contributed by atoms with E-state index in [1.807, 2.05) is 72.3 Å². The maximum Gasteiger partial charge on any atom is 0.407 e. The minimum Gasteiger partial charge on any atom is -0.453 e. The third-order valence-electron chi connectivity index (χ3n) is 11.8. The summed E-state index contributed by atoms with van der Waals surface area (Å²) in [5.41, 5.74) is 12.8. The minimum absolute atomic E-state index is 0.00822. The van der Waals surface area contributed by atoms with Gasteiger partial charge in [0.1, 0.15) is 17.7 Å². The lowest BCUT2D eigenvalue weighted by molar-refractivity contribution is -0.136. The highest BCUT2D eigenvalue weighted by molar-refractivity contribution is 5.87. The highest BCUT2D eigenvalue weighted by atomic mass is 16.5. The summed E-state index contributed by atoms with van der Waals surface area (Å²) in [4.78, 5) is 64.2. The lowest BCUT2D eigenvalue weighted by Crippen LogP contribution is -2.51. The molecule has 3 fully saturated rings. The van der Waals surface area contributed by atoms with Gasteiger partial charge in [0.05, 0.1) is 54.0 Å². The normalized spacial score (nSPS) is 19.9. The fraction of sp³-hybridized carbons (Fsp3) is 0.442. The maximum atomic E-state index is 13.6. The van der Waals surface area contributed by atoms with Gasteiger partial charge in [-0.05, 0) is 74.1 Å². The number of nitrogens with one attached hydrogen (secondary N) is 3. The van der Waals surface area contributed by atoms with Crippen LogP contribution in [0.2, 0.25) is 0 Å². The number of fused-ring (bicyclic) bond motifs is 1. The molecule has 8 rings (SSSR count). The summed E-state index contributed by atoms with van der Waals surface area (Å²) in [6.45, 7) is 6.42. The molecule has 0 aliphatic carbocycles. The predicted octanol–water partition coefficient (Wildman–Crippen LogP) is 6.14. The molecule has 3 aliphatic rings. The lowest BCUT2D eigenvalue weighted by Gasteiger charge is -2.32. The van der Waals surface area contributed by atoms with Crippen molar-refractivity contribution in [2.24, 2.45) is 17.6 Å². The van der Waals surface area contributed by atoms with E-state index in [1.54, 1.807) is 6.20 Å². The molecule has 6 heterocycles. The summed E-state index contributed by atoms with van der Waals surface area (Å²) < 4.78 is 10.2. The molecule has 0 saturated carbocycles. The van der Waals surface area contributed by atoms with Crippen LogP contribution in [-0.2, 0) is 19.1 Å². The van der Waals surface area contributed by atoms with Crippen molar-refractivity contribution in [1.82, 2.24) is 40.0 Å². The van der Waals surface area contributed by atoms with Gasteiger partial charge in [-0.25, -0.2) is 19.7 Å². The molecular weight excluding hydrogens is 723 g/mol. The van der Waals surface area contributed by atoms with E-state index in [4.69, 9.17) is 25.2 Å². The summed E-state index contributed by atoms with van der Waals surface area (Å²) in [5, 5.41) is 3.70. The largest absolute Gasteiger partial charge is 0.453 e. The fourth-order valence-corrected chi connectivity index (χ4v) is 8.55. The Hall–Kier alpha value is -5.60. The molecule has 298 valence electrons. The van der Waals surface area contributed by atoms with E-state index < -0.39 is 18.2 Å². The summed E-state index contributed by atoms with van der Waals surface area (Å²) in [5.74, 6) is 1.44. The standard InChI is InChI=1S/C43H51N9O5/c1-25(2)38(50-43(55)56-3)42(54)52-19-5-7-36(52)40-45-23-33(48-40)27-10-8-26(9-11-27)31-14-12-29-22-30(13-15-32(29)47-31)34-24-46-39(49-34)35-6-4-18-51(35)41(53)37(44)28-16-20-57-21-17-28/h8-15,22-25,28,35-38H,4-7,16-21,44H2,1-3H3,(H,45,48)(H,46,49)(H,50,55)/t35-,36-,37-,38-/m0/s1. The maximum absolute atomic E-state index is 13.6. The molecule has 0 bridgehead atoms. The van der Waals surface area contributed by atoms with Gasteiger partial charge in [0.25, 0.3) is 0 Å². The Morgan fingerprint density at radius 2 is 1.53 bits per heavy atom. The number of likely N-dealkylation sites (tertiary alicyclic amines) is 2. The molecule has 3 amide bonds. The number of aromatic amines is 2. The molecule has 5 aromatic rings. The smallest absolute Gasteiger partial charge is 0.407 e. The molecule has 2 aromatic carbocycles. The summed E-state index contributed by atoms with van der Waals surface area (Å²) in [7, 11) is 1.29. The summed E-state index contributed by atoms with van der Waals surface area (Å²) in [6, 6.07) is 16.9. The number of H-pyrrole nitrogens is 2. The number of imidazole rings is 2. The van der Waals surface area contributed by atoms with Crippen molar-refractivity contribution in [3.63, 3.8) is 0 Å². The molecule has 0 unspecified atom stereocenters. The first-order valence-electron chi connectivity index (χ1n) is 20.1. The number of methoxy groups -OCH3 is 1. The van der Waals surface area contributed by atoms with Crippen molar-refractivity contribution in [2.45, 2.75) is 76.5 Å². The van der Waals surface area contributed by atoms with E-state index in [0.29, 0.717) is 26.3 Å². The van der Waals surface area contributed by atoms with Crippen LogP contribution in [0.3, 0.4) is 0 Å². The Balaban J connectivity index is 0.931. The third-order valence-corrected chi connectivity index (χ3v) is 11.8. The monoisotopic (exact) mass is 773 g/mol. The Morgan fingerprint density at radius 3 is 2.25 bits per heavy atom. The van der Waals surface area contributed by atoms with Gasteiger partial charge in [-0.15, -0.1) is 0 Å². The molecule has 0 radical (unpaired) electrons. The Bertz CT molecular complexity index is 2230. The first kappa shape index (κ1) is 38.3. The molecular formula is C43H51N9O5. The van der Waals surface area contributed by atoms with E-state index in [0.717, 1.165) is 94.8 Å². The number of amides is 3. The number of carbonyl (C=O) groups is 3. The van der Waals surface area contributed by atoms with Crippen LogP contribution in [0.1, 0.15) is 76.1 Å². The number of pyridine rings is 1. The number of nitrogens with two attached hydrogens (primary N) is 1. The first-order chi connectivity index (χ1) is 27.7. The second-order valence-electron chi connectivity index (χ2n) is 15.7. The van der Waals surface area contributed by atoms with Gasteiger partial charge in [-0.3, -0.25) is 9.59 Å². The average molecular weight is 774 g/mol. The van der Waals surface area contributed by atoms with Crippen molar-refractivity contribution in [2.75, 3.05) is 33.4 Å². The lowest BCUT2D eigenvalue weighted by atomic mass is 9.91. The van der Waals surface area contributed by atoms with Gasteiger partial charge in [-0.2, -0.15) is 0 Å². The molecule has 3 aromatic heterocycles. The van der Waals surface area contributed by atoms with Gasteiger partial charge in [0, 0.05) is 49.0 Å². The number of alkyl carbamates (subject to hydrolysis) is 1. The number of rotatable bonds is 10.